The molecule has 0 unspecified atom stereocenters. The van der Waals surface area contributed by atoms with Gasteiger partial charge in [-0.1, -0.05) is 0 Å². The summed E-state index contributed by atoms with van der Waals surface area (Å²) in [5.74, 6) is 0.739. The van der Waals surface area contributed by atoms with Gasteiger partial charge in [0, 0.05) is 18.8 Å². The molecule has 26 heavy (non-hydrogen) atoms. The number of benzene rings is 1. The number of hydrogen-bond donors (Lipinski definition) is 2. The number of anilines is 1. The van der Waals surface area contributed by atoms with Crippen LogP contribution in [0.5, 0.6) is 5.75 Å². The molecule has 0 spiro atoms. The Balaban J connectivity index is 2.22. The van der Waals surface area contributed by atoms with Crippen molar-refractivity contribution < 1.29 is 27.8 Å². The lowest BCUT2D eigenvalue weighted by Gasteiger charge is -2.26. The van der Waals surface area contributed by atoms with E-state index in [0.717, 1.165) is 0 Å². The summed E-state index contributed by atoms with van der Waals surface area (Å²) in [6, 6.07) is 4.45. The summed E-state index contributed by atoms with van der Waals surface area (Å²) in [5.41, 5.74) is 0.316. The van der Waals surface area contributed by atoms with Crippen molar-refractivity contribution in [1.29, 1.82) is 0 Å². The molecule has 8 nitrogen and oxygen atoms in total. The summed E-state index contributed by atoms with van der Waals surface area (Å²) in [6.45, 7) is 3.52. The van der Waals surface area contributed by atoms with E-state index in [9.17, 15) is 13.2 Å². The fourth-order valence-corrected chi connectivity index (χ4v) is 4.37. The number of aliphatic hydroxyl groups is 1. The molecule has 0 saturated carbocycles. The lowest BCUT2D eigenvalue weighted by molar-refractivity contribution is -0.113. The number of sulfonamides is 1. The molecule has 146 valence electrons. The third kappa shape index (κ3) is 5.58. The molecule has 1 heterocycles. The molecule has 1 amide bonds. The van der Waals surface area contributed by atoms with Crippen molar-refractivity contribution in [2.45, 2.75) is 11.8 Å². The third-order valence-corrected chi connectivity index (χ3v) is 6.43. The van der Waals surface area contributed by atoms with E-state index in [1.54, 1.807) is 13.0 Å². The van der Waals surface area contributed by atoms with Crippen LogP contribution in [-0.2, 0) is 19.6 Å². The van der Waals surface area contributed by atoms with Crippen molar-refractivity contribution in [2.24, 2.45) is 0 Å². The molecule has 1 saturated heterocycles. The number of thioether (sulfide) groups is 1. The van der Waals surface area contributed by atoms with Crippen LogP contribution in [-0.4, -0.2) is 74.8 Å². The molecule has 1 aliphatic rings. The van der Waals surface area contributed by atoms with E-state index in [1.165, 1.54) is 28.2 Å². The first-order chi connectivity index (χ1) is 12.5. The average Bonchev–Trinajstić information content (AvgIpc) is 2.64. The Kier molecular flexibility index (Phi) is 8.16. The van der Waals surface area contributed by atoms with Gasteiger partial charge in [-0.3, -0.25) is 4.79 Å². The van der Waals surface area contributed by atoms with Crippen molar-refractivity contribution >= 4 is 33.4 Å². The minimum Gasteiger partial charge on any atom is -0.492 e. The Morgan fingerprint density at radius 1 is 1.38 bits per heavy atom. The van der Waals surface area contributed by atoms with Crippen molar-refractivity contribution in [1.82, 2.24) is 4.31 Å². The van der Waals surface area contributed by atoms with Crippen LogP contribution >= 0.6 is 11.8 Å². The zero-order chi connectivity index (χ0) is 19.0. The molecule has 1 aromatic rings. The van der Waals surface area contributed by atoms with Gasteiger partial charge in [0.15, 0.2) is 0 Å². The van der Waals surface area contributed by atoms with E-state index in [0.29, 0.717) is 50.1 Å². The first kappa shape index (κ1) is 21.0. The van der Waals surface area contributed by atoms with Crippen molar-refractivity contribution in [3.8, 4) is 5.75 Å². The maximum absolute atomic E-state index is 12.8. The van der Waals surface area contributed by atoms with Crippen LogP contribution in [0.15, 0.2) is 23.1 Å². The summed E-state index contributed by atoms with van der Waals surface area (Å²) in [7, 11) is -3.66. The summed E-state index contributed by atoms with van der Waals surface area (Å²) in [5, 5.41) is 11.5. The minimum absolute atomic E-state index is 0.00454. The molecule has 0 radical (unpaired) electrons. The molecule has 10 heteroatoms. The van der Waals surface area contributed by atoms with Crippen molar-refractivity contribution in [2.75, 3.05) is 56.3 Å². The molecule has 1 fully saturated rings. The lowest BCUT2D eigenvalue weighted by atomic mass is 10.3. The molecular weight excluding hydrogens is 380 g/mol. The molecule has 1 aromatic carbocycles. The van der Waals surface area contributed by atoms with E-state index >= 15 is 0 Å². The molecule has 0 aliphatic carbocycles. The minimum atomic E-state index is -3.66. The van der Waals surface area contributed by atoms with Crippen LogP contribution in [0.25, 0.3) is 0 Å². The number of carbonyl (C=O) groups excluding carboxylic acids is 1. The first-order valence-corrected chi connectivity index (χ1v) is 10.9. The Morgan fingerprint density at radius 2 is 2.12 bits per heavy atom. The summed E-state index contributed by atoms with van der Waals surface area (Å²) in [4.78, 5) is 12.2. The standard InChI is InChI=1S/C16H24N2O6S2/c1-2-24-15-4-3-13(26(21,22)18-5-8-23-9-6-18)11-14(15)17-16(20)12-25-10-7-19/h3-4,11,19H,2,5-10,12H2,1H3,(H,17,20). The highest BCUT2D eigenvalue weighted by Crippen LogP contribution is 2.29. The Bertz CT molecular complexity index is 705. The maximum atomic E-state index is 12.8. The van der Waals surface area contributed by atoms with Crippen LogP contribution in [0.4, 0.5) is 5.69 Å². The Morgan fingerprint density at radius 3 is 2.77 bits per heavy atom. The van der Waals surface area contributed by atoms with Gasteiger partial charge < -0.3 is 19.9 Å². The molecule has 0 bridgehead atoms. The second kappa shape index (κ2) is 10.1. The fourth-order valence-electron chi connectivity index (χ4n) is 2.40. The highest BCUT2D eigenvalue weighted by molar-refractivity contribution is 7.99. The number of nitrogens with one attached hydrogen (secondary N) is 1. The predicted octanol–water partition coefficient (Wildman–Crippen LogP) is 0.770. The van der Waals surface area contributed by atoms with Gasteiger partial charge in [-0.2, -0.15) is 4.31 Å². The second-order valence-electron chi connectivity index (χ2n) is 5.43. The zero-order valence-electron chi connectivity index (χ0n) is 14.6. The van der Waals surface area contributed by atoms with Gasteiger partial charge in [-0.25, -0.2) is 8.42 Å². The molecule has 0 aromatic heterocycles. The summed E-state index contributed by atoms with van der Waals surface area (Å²) < 4.78 is 37.6. The van der Waals surface area contributed by atoms with Crippen LogP contribution in [0.1, 0.15) is 6.92 Å². The highest BCUT2D eigenvalue weighted by Gasteiger charge is 2.27. The van der Waals surface area contributed by atoms with Gasteiger partial charge >= 0.3 is 0 Å². The number of aliphatic hydroxyl groups excluding tert-OH is 1. The van der Waals surface area contributed by atoms with E-state index in [1.807, 2.05) is 0 Å². The summed E-state index contributed by atoms with van der Waals surface area (Å²) >= 11 is 1.29. The smallest absolute Gasteiger partial charge is 0.243 e. The number of rotatable bonds is 9. The normalized spacial score (nSPS) is 15.6. The number of amides is 1. The van der Waals surface area contributed by atoms with Crippen LogP contribution < -0.4 is 10.1 Å². The molecular formula is C16H24N2O6S2. The number of nitrogens with zero attached hydrogens (tertiary/aromatic N) is 1. The Hall–Kier alpha value is -1.33. The quantitative estimate of drug-likeness (QED) is 0.586. The van der Waals surface area contributed by atoms with Crippen LogP contribution in [0.2, 0.25) is 0 Å². The SMILES string of the molecule is CCOc1ccc(S(=O)(=O)N2CCOCC2)cc1NC(=O)CSCCO. The number of hydrogen-bond acceptors (Lipinski definition) is 7. The molecule has 0 atom stereocenters. The van der Waals surface area contributed by atoms with Crippen molar-refractivity contribution in [3.05, 3.63) is 18.2 Å². The Labute approximate surface area is 157 Å². The van der Waals surface area contributed by atoms with Crippen LogP contribution in [0.3, 0.4) is 0 Å². The average molecular weight is 405 g/mol. The topological polar surface area (TPSA) is 105 Å². The van der Waals surface area contributed by atoms with E-state index in [-0.39, 0.29) is 23.2 Å². The second-order valence-corrected chi connectivity index (χ2v) is 8.47. The highest BCUT2D eigenvalue weighted by atomic mass is 32.2. The predicted molar refractivity (Wildman–Crippen MR) is 100 cm³/mol. The fraction of sp³-hybridized carbons (Fsp3) is 0.562. The van der Waals surface area contributed by atoms with Gasteiger partial charge in [-0.15, -0.1) is 11.8 Å². The first-order valence-electron chi connectivity index (χ1n) is 8.32. The van der Waals surface area contributed by atoms with Gasteiger partial charge in [0.2, 0.25) is 15.9 Å². The number of ether oxygens (including phenoxy) is 2. The zero-order valence-corrected chi connectivity index (χ0v) is 16.3. The third-order valence-electron chi connectivity index (χ3n) is 3.60. The van der Waals surface area contributed by atoms with Gasteiger partial charge in [0.25, 0.3) is 0 Å². The van der Waals surface area contributed by atoms with Gasteiger partial charge in [0.1, 0.15) is 5.75 Å². The van der Waals surface area contributed by atoms with E-state index in [2.05, 4.69) is 5.32 Å². The van der Waals surface area contributed by atoms with Gasteiger partial charge in [-0.05, 0) is 25.1 Å². The largest absolute Gasteiger partial charge is 0.492 e. The maximum Gasteiger partial charge on any atom is 0.243 e. The van der Waals surface area contributed by atoms with Gasteiger partial charge in [0.05, 0.1) is 42.8 Å². The van der Waals surface area contributed by atoms with E-state index in [4.69, 9.17) is 14.6 Å². The van der Waals surface area contributed by atoms with E-state index < -0.39 is 10.0 Å². The molecule has 1 aliphatic heterocycles. The van der Waals surface area contributed by atoms with Crippen molar-refractivity contribution in [3.63, 3.8) is 0 Å². The molecule has 2 rings (SSSR count). The van der Waals surface area contributed by atoms with Crippen LogP contribution in [0, 0.1) is 0 Å². The summed E-state index contributed by atoms with van der Waals surface area (Å²) in [6.07, 6.45) is 0. The lowest BCUT2D eigenvalue weighted by Crippen LogP contribution is -2.40. The number of morpholine rings is 1. The molecule has 2 N–H and O–H groups in total. The number of carbonyl (C=O) groups is 1. The monoisotopic (exact) mass is 404 g/mol.